The van der Waals surface area contributed by atoms with Gasteiger partial charge in [-0.2, -0.15) is 5.26 Å². The summed E-state index contributed by atoms with van der Waals surface area (Å²) >= 11 is 5.96. The van der Waals surface area contributed by atoms with Crippen molar-refractivity contribution >= 4 is 17.4 Å². The molecule has 3 nitrogen and oxygen atoms in total. The molecule has 1 aromatic carbocycles. The zero-order chi connectivity index (χ0) is 11.5. The second-order valence-corrected chi connectivity index (χ2v) is 4.19. The summed E-state index contributed by atoms with van der Waals surface area (Å²) in [6.07, 6.45) is 1.71. The number of nitrogens with zero attached hydrogens (tertiary/aromatic N) is 1. The van der Waals surface area contributed by atoms with Crippen molar-refractivity contribution in [3.05, 3.63) is 28.8 Å². The topological polar surface area (TPSA) is 50.1 Å². The van der Waals surface area contributed by atoms with Crippen LogP contribution in [0.3, 0.4) is 0 Å². The van der Waals surface area contributed by atoms with Gasteiger partial charge in [0.1, 0.15) is 17.6 Å². The molecule has 1 unspecified atom stereocenters. The molecule has 1 aromatic rings. The molecule has 2 rings (SSSR count). The first kappa shape index (κ1) is 11.0. The molecule has 16 heavy (non-hydrogen) atoms. The maximum atomic E-state index is 11.1. The molecule has 0 radical (unpaired) electrons. The lowest BCUT2D eigenvalue weighted by Gasteiger charge is -2.13. The molecule has 82 valence electrons. The van der Waals surface area contributed by atoms with Crippen molar-refractivity contribution in [3.63, 3.8) is 0 Å². The van der Waals surface area contributed by atoms with Gasteiger partial charge in [0.25, 0.3) is 0 Å². The van der Waals surface area contributed by atoms with Gasteiger partial charge in [0, 0.05) is 12.8 Å². The smallest absolute Gasteiger partial charge is 0.138 e. The van der Waals surface area contributed by atoms with E-state index < -0.39 is 0 Å². The number of benzene rings is 1. The largest absolute Gasteiger partial charge is 0.488 e. The van der Waals surface area contributed by atoms with Gasteiger partial charge >= 0.3 is 0 Å². The highest BCUT2D eigenvalue weighted by molar-refractivity contribution is 6.32. The average Bonchev–Trinajstić information content (AvgIpc) is 2.67. The number of carbonyl (C=O) groups is 1. The van der Waals surface area contributed by atoms with Gasteiger partial charge in [0.2, 0.25) is 0 Å². The first-order valence-electron chi connectivity index (χ1n) is 5.07. The van der Waals surface area contributed by atoms with E-state index in [9.17, 15) is 4.79 Å². The zero-order valence-corrected chi connectivity index (χ0v) is 9.33. The van der Waals surface area contributed by atoms with Crippen molar-refractivity contribution in [1.82, 2.24) is 0 Å². The fourth-order valence-electron chi connectivity index (χ4n) is 1.73. The monoisotopic (exact) mass is 235 g/mol. The van der Waals surface area contributed by atoms with Crippen molar-refractivity contribution in [2.75, 3.05) is 0 Å². The van der Waals surface area contributed by atoms with Gasteiger partial charge in [0.05, 0.1) is 16.7 Å². The second kappa shape index (κ2) is 4.54. The van der Waals surface area contributed by atoms with Crippen molar-refractivity contribution in [3.8, 4) is 11.8 Å². The van der Waals surface area contributed by atoms with Crippen LogP contribution < -0.4 is 4.74 Å². The molecule has 1 atom stereocenters. The number of ketones is 1. The maximum Gasteiger partial charge on any atom is 0.138 e. The van der Waals surface area contributed by atoms with Crippen molar-refractivity contribution in [1.29, 1.82) is 5.26 Å². The van der Waals surface area contributed by atoms with Crippen LogP contribution in [0.1, 0.15) is 24.8 Å². The van der Waals surface area contributed by atoms with Gasteiger partial charge in [-0.25, -0.2) is 0 Å². The minimum Gasteiger partial charge on any atom is -0.488 e. The van der Waals surface area contributed by atoms with E-state index in [-0.39, 0.29) is 11.9 Å². The Morgan fingerprint density at radius 3 is 2.88 bits per heavy atom. The van der Waals surface area contributed by atoms with Gasteiger partial charge in [-0.1, -0.05) is 11.6 Å². The first-order valence-corrected chi connectivity index (χ1v) is 5.45. The molecular formula is C12H10ClNO2. The third-order valence-corrected chi connectivity index (χ3v) is 2.85. The van der Waals surface area contributed by atoms with E-state index in [2.05, 4.69) is 0 Å². The van der Waals surface area contributed by atoms with E-state index in [1.165, 1.54) is 0 Å². The van der Waals surface area contributed by atoms with Crippen LogP contribution in [0.2, 0.25) is 5.02 Å². The molecule has 1 aliphatic rings. The normalized spacial score (nSPS) is 19.5. The first-order chi connectivity index (χ1) is 7.69. The summed E-state index contributed by atoms with van der Waals surface area (Å²) in [6, 6.07) is 6.89. The highest BCUT2D eigenvalue weighted by Crippen LogP contribution is 2.29. The van der Waals surface area contributed by atoms with Crippen LogP contribution in [0.4, 0.5) is 0 Å². The number of Topliss-reactive ketones (excluding diaryl/α,β-unsaturated/α-hetero) is 1. The molecule has 0 aliphatic heterocycles. The summed E-state index contributed by atoms with van der Waals surface area (Å²) in [6.45, 7) is 0. The van der Waals surface area contributed by atoms with Crippen molar-refractivity contribution in [2.45, 2.75) is 25.4 Å². The van der Waals surface area contributed by atoms with Gasteiger partial charge in [-0.15, -0.1) is 0 Å². The van der Waals surface area contributed by atoms with Crippen LogP contribution in [0.25, 0.3) is 0 Å². The van der Waals surface area contributed by atoms with E-state index in [0.29, 0.717) is 29.2 Å². The summed E-state index contributed by atoms with van der Waals surface area (Å²) in [4.78, 5) is 11.1. The Hall–Kier alpha value is -1.53. The summed E-state index contributed by atoms with van der Waals surface area (Å²) in [5, 5.41) is 9.09. The molecule has 0 saturated heterocycles. The summed E-state index contributed by atoms with van der Waals surface area (Å²) in [5.74, 6) is 0.773. The standard InChI is InChI=1S/C12H10ClNO2/c13-11-5-8(7-14)1-4-12(11)16-10-3-2-9(15)6-10/h1,4-5,10H,2-3,6H2. The maximum absolute atomic E-state index is 11.1. The lowest BCUT2D eigenvalue weighted by atomic mass is 10.2. The van der Waals surface area contributed by atoms with E-state index >= 15 is 0 Å². The van der Waals surface area contributed by atoms with Crippen molar-refractivity contribution in [2.24, 2.45) is 0 Å². The third kappa shape index (κ3) is 2.34. The molecule has 1 aliphatic carbocycles. The average molecular weight is 236 g/mol. The van der Waals surface area contributed by atoms with Gasteiger partial charge in [0.15, 0.2) is 0 Å². The number of hydrogen-bond acceptors (Lipinski definition) is 3. The molecule has 0 bridgehead atoms. The minimum absolute atomic E-state index is 0.0714. The molecule has 0 heterocycles. The van der Waals surface area contributed by atoms with Crippen LogP contribution in [0.15, 0.2) is 18.2 Å². The Morgan fingerprint density at radius 2 is 2.31 bits per heavy atom. The molecule has 0 amide bonds. The van der Waals surface area contributed by atoms with E-state index in [4.69, 9.17) is 21.6 Å². The lowest BCUT2D eigenvalue weighted by molar-refractivity contribution is -0.117. The van der Waals surface area contributed by atoms with E-state index in [0.717, 1.165) is 6.42 Å². The molecule has 0 aromatic heterocycles. The van der Waals surface area contributed by atoms with Crippen LogP contribution >= 0.6 is 11.6 Å². The third-order valence-electron chi connectivity index (χ3n) is 2.56. The number of rotatable bonds is 2. The Kier molecular flexibility index (Phi) is 3.12. The Bertz CT molecular complexity index is 465. The Labute approximate surface area is 98.6 Å². The fraction of sp³-hybridized carbons (Fsp3) is 0.333. The highest BCUT2D eigenvalue weighted by Gasteiger charge is 2.24. The summed E-state index contributed by atoms with van der Waals surface area (Å²) < 4.78 is 5.61. The molecule has 0 spiro atoms. The highest BCUT2D eigenvalue weighted by atomic mass is 35.5. The van der Waals surface area contributed by atoms with Gasteiger partial charge < -0.3 is 4.74 Å². The number of hydrogen-bond donors (Lipinski definition) is 0. The summed E-state index contributed by atoms with van der Waals surface area (Å²) in [5.41, 5.74) is 0.500. The molecule has 4 heteroatoms. The van der Waals surface area contributed by atoms with Gasteiger partial charge in [-0.05, 0) is 24.6 Å². The predicted molar refractivity (Wildman–Crippen MR) is 59.4 cm³/mol. The van der Waals surface area contributed by atoms with Crippen LogP contribution in [-0.2, 0) is 4.79 Å². The molecule has 0 N–H and O–H groups in total. The number of carbonyl (C=O) groups excluding carboxylic acids is 1. The second-order valence-electron chi connectivity index (χ2n) is 3.78. The van der Waals surface area contributed by atoms with Crippen molar-refractivity contribution < 1.29 is 9.53 Å². The summed E-state index contributed by atoms with van der Waals surface area (Å²) in [7, 11) is 0. The quantitative estimate of drug-likeness (QED) is 0.792. The van der Waals surface area contributed by atoms with Crippen LogP contribution in [0, 0.1) is 11.3 Å². The Balaban J connectivity index is 2.10. The zero-order valence-electron chi connectivity index (χ0n) is 8.57. The molecule has 1 fully saturated rings. The van der Waals surface area contributed by atoms with Crippen LogP contribution in [0.5, 0.6) is 5.75 Å². The predicted octanol–water partition coefficient (Wildman–Crippen LogP) is 2.71. The Morgan fingerprint density at radius 1 is 1.50 bits per heavy atom. The van der Waals surface area contributed by atoms with Gasteiger partial charge in [-0.3, -0.25) is 4.79 Å². The minimum atomic E-state index is -0.0714. The van der Waals surface area contributed by atoms with E-state index in [1.807, 2.05) is 6.07 Å². The fourth-order valence-corrected chi connectivity index (χ4v) is 1.95. The lowest BCUT2D eigenvalue weighted by Crippen LogP contribution is -2.12. The number of ether oxygens (including phenoxy) is 1. The number of nitriles is 1. The van der Waals surface area contributed by atoms with E-state index in [1.54, 1.807) is 18.2 Å². The van der Waals surface area contributed by atoms with Crippen LogP contribution in [-0.4, -0.2) is 11.9 Å². The molecular weight excluding hydrogens is 226 g/mol. The SMILES string of the molecule is N#Cc1ccc(OC2CCC(=O)C2)c(Cl)c1. The molecule has 1 saturated carbocycles. The number of halogens is 1.